The summed E-state index contributed by atoms with van der Waals surface area (Å²) in [5.74, 6) is 0.783. The van der Waals surface area contributed by atoms with Gasteiger partial charge in [0.25, 0.3) is 0 Å². The summed E-state index contributed by atoms with van der Waals surface area (Å²) in [7, 11) is 0. The predicted octanol–water partition coefficient (Wildman–Crippen LogP) is 2.67. The lowest BCUT2D eigenvalue weighted by Gasteiger charge is -2.04. The second-order valence-electron chi connectivity index (χ2n) is 4.30. The minimum atomic E-state index is 0.783. The molecule has 0 radical (unpaired) electrons. The molecule has 0 amide bonds. The van der Waals surface area contributed by atoms with E-state index in [1.54, 1.807) is 0 Å². The van der Waals surface area contributed by atoms with Crippen LogP contribution >= 0.6 is 0 Å². The molecule has 14 heavy (non-hydrogen) atoms. The molecule has 0 N–H and O–H groups in total. The highest BCUT2D eigenvalue weighted by Gasteiger charge is 2.10. The fourth-order valence-electron chi connectivity index (χ4n) is 2.09. The lowest BCUT2D eigenvalue weighted by atomic mass is 10.0. The van der Waals surface area contributed by atoms with Crippen molar-refractivity contribution in [2.45, 2.75) is 70.6 Å². The Labute approximate surface area is 87.0 Å². The standard InChI is InChI=1S/C12H22O2/c13-14-12-10-8-6-4-2-1-3-5-7-9-11-12/h1-11H2. The monoisotopic (exact) mass is 198 g/mol. The first-order chi connectivity index (χ1) is 6.93. The summed E-state index contributed by atoms with van der Waals surface area (Å²) in [6.45, 7) is 0. The average Bonchev–Trinajstić information content (AvgIpc) is 2.19. The summed E-state index contributed by atoms with van der Waals surface area (Å²) in [4.78, 5) is 0. The molecule has 1 aliphatic carbocycles. The second kappa shape index (κ2) is 7.84. The number of carbonyl (C=O) groups excluding carboxylic acids is 1. The Morgan fingerprint density at radius 3 is 1.36 bits per heavy atom. The molecular weight excluding hydrogens is 176 g/mol. The Bertz CT molecular complexity index is 150. The molecule has 0 atom stereocenters. The van der Waals surface area contributed by atoms with Crippen molar-refractivity contribution in [3.05, 3.63) is 0 Å². The van der Waals surface area contributed by atoms with E-state index >= 15 is 0 Å². The molecule has 1 saturated carbocycles. The highest BCUT2D eigenvalue weighted by atomic mass is 17.1. The summed E-state index contributed by atoms with van der Waals surface area (Å²) in [6, 6.07) is 0. The van der Waals surface area contributed by atoms with Crippen molar-refractivity contribution in [2.24, 2.45) is 0 Å². The van der Waals surface area contributed by atoms with Crippen LogP contribution in [0.2, 0.25) is 0 Å². The first-order valence-electron chi connectivity index (χ1n) is 6.08. The van der Waals surface area contributed by atoms with Gasteiger partial charge >= 0.3 is 5.78 Å². The van der Waals surface area contributed by atoms with Gasteiger partial charge in [-0.2, -0.15) is 4.58 Å². The van der Waals surface area contributed by atoms with Gasteiger partial charge in [0, 0.05) is 0 Å². The quantitative estimate of drug-likeness (QED) is 0.335. The van der Waals surface area contributed by atoms with Crippen LogP contribution < -0.4 is 5.26 Å². The van der Waals surface area contributed by atoms with Crippen LogP contribution in [0.4, 0.5) is 0 Å². The number of hydrogen-bond donors (Lipinski definition) is 0. The molecule has 2 heteroatoms. The summed E-state index contributed by atoms with van der Waals surface area (Å²) in [5.41, 5.74) is 0. The molecular formula is C12H22O2. The highest BCUT2D eigenvalue weighted by molar-refractivity contribution is 5.78. The van der Waals surface area contributed by atoms with E-state index in [1.165, 1.54) is 44.9 Å². The van der Waals surface area contributed by atoms with Gasteiger partial charge in [0.05, 0.1) is 12.8 Å². The Morgan fingerprint density at radius 2 is 1.00 bits per heavy atom. The van der Waals surface area contributed by atoms with Crippen LogP contribution in [0.1, 0.15) is 70.6 Å². The van der Waals surface area contributed by atoms with Crippen molar-refractivity contribution in [3.8, 4) is 0 Å². The van der Waals surface area contributed by atoms with E-state index in [4.69, 9.17) is 0 Å². The molecule has 82 valence electrons. The summed E-state index contributed by atoms with van der Waals surface area (Å²) < 4.78 is 4.16. The predicted molar refractivity (Wildman–Crippen MR) is 55.8 cm³/mol. The molecule has 0 aromatic carbocycles. The molecule has 0 unspecified atom stereocenters. The maximum Gasteiger partial charge on any atom is 0.329 e. The van der Waals surface area contributed by atoms with Gasteiger partial charge in [0.1, 0.15) is 0 Å². The zero-order valence-corrected chi connectivity index (χ0v) is 9.09. The second-order valence-corrected chi connectivity index (χ2v) is 4.30. The van der Waals surface area contributed by atoms with Crippen molar-refractivity contribution >= 4 is 5.78 Å². The van der Waals surface area contributed by atoms with Gasteiger partial charge in [-0.3, -0.25) is 0 Å². The molecule has 0 bridgehead atoms. The highest BCUT2D eigenvalue weighted by Crippen LogP contribution is 2.14. The first kappa shape index (κ1) is 11.5. The van der Waals surface area contributed by atoms with E-state index in [-0.39, 0.29) is 0 Å². The Kier molecular flexibility index (Phi) is 6.46. The molecule has 1 fully saturated rings. The minimum absolute atomic E-state index is 0.783. The third kappa shape index (κ3) is 5.25. The van der Waals surface area contributed by atoms with E-state index < -0.39 is 0 Å². The number of ketones is 1. The summed E-state index contributed by atoms with van der Waals surface area (Å²) in [5, 5.41) is 10.4. The van der Waals surface area contributed by atoms with Crippen molar-refractivity contribution in [1.82, 2.24) is 0 Å². The van der Waals surface area contributed by atoms with Crippen LogP contribution in [0.3, 0.4) is 0 Å². The normalized spacial score (nSPS) is 22.1. The van der Waals surface area contributed by atoms with Gasteiger partial charge in [0.2, 0.25) is 0 Å². The van der Waals surface area contributed by atoms with Crippen molar-refractivity contribution in [3.63, 3.8) is 0 Å². The lowest BCUT2D eigenvalue weighted by Crippen LogP contribution is -2.10. The molecule has 0 aromatic rings. The maximum absolute atomic E-state index is 10.4. The van der Waals surface area contributed by atoms with Crippen LogP contribution in [0.5, 0.6) is 0 Å². The molecule has 0 saturated heterocycles. The van der Waals surface area contributed by atoms with E-state index in [0.717, 1.165) is 31.5 Å². The van der Waals surface area contributed by atoms with Gasteiger partial charge in [-0.1, -0.05) is 44.9 Å². The van der Waals surface area contributed by atoms with E-state index in [1.807, 2.05) is 0 Å². The first-order valence-corrected chi connectivity index (χ1v) is 6.08. The Morgan fingerprint density at radius 1 is 0.643 bits per heavy atom. The van der Waals surface area contributed by atoms with Crippen molar-refractivity contribution in [2.75, 3.05) is 0 Å². The minimum Gasteiger partial charge on any atom is -0.463 e. The third-order valence-electron chi connectivity index (χ3n) is 3.03. The zero-order chi connectivity index (χ0) is 10.1. The molecule has 2 nitrogen and oxygen atoms in total. The number of rotatable bonds is 0. The van der Waals surface area contributed by atoms with Crippen LogP contribution in [0, 0.1) is 0 Å². The van der Waals surface area contributed by atoms with E-state index in [0.29, 0.717) is 0 Å². The van der Waals surface area contributed by atoms with Gasteiger partial charge in [-0.25, -0.2) is 0 Å². The lowest BCUT2D eigenvalue weighted by molar-refractivity contribution is -1.05. The molecule has 0 aliphatic heterocycles. The Balaban J connectivity index is 2.24. The topological polar surface area (TPSA) is 34.4 Å². The van der Waals surface area contributed by atoms with Crippen LogP contribution in [0.25, 0.3) is 0 Å². The maximum atomic E-state index is 10.4. The molecule has 0 aromatic heterocycles. The SMILES string of the molecule is [O-][O+]=C1CCCCCCCCCCC1. The summed E-state index contributed by atoms with van der Waals surface area (Å²) >= 11 is 0. The molecule has 1 rings (SSSR count). The van der Waals surface area contributed by atoms with Crippen LogP contribution in [-0.2, 0) is 4.58 Å². The average molecular weight is 198 g/mol. The van der Waals surface area contributed by atoms with Crippen LogP contribution in [0.15, 0.2) is 0 Å². The Hall–Kier alpha value is -0.530. The van der Waals surface area contributed by atoms with Crippen LogP contribution in [-0.4, -0.2) is 5.78 Å². The molecule has 0 heterocycles. The smallest absolute Gasteiger partial charge is 0.329 e. The van der Waals surface area contributed by atoms with Gasteiger partial charge < -0.3 is 5.26 Å². The fraction of sp³-hybridized carbons (Fsp3) is 0.917. The van der Waals surface area contributed by atoms with E-state index in [9.17, 15) is 5.26 Å². The third-order valence-corrected chi connectivity index (χ3v) is 3.03. The fourth-order valence-corrected chi connectivity index (χ4v) is 2.09. The van der Waals surface area contributed by atoms with Gasteiger partial charge in [0.15, 0.2) is 0 Å². The largest absolute Gasteiger partial charge is 0.463 e. The van der Waals surface area contributed by atoms with E-state index in [2.05, 4.69) is 4.58 Å². The van der Waals surface area contributed by atoms with Crippen molar-refractivity contribution < 1.29 is 9.83 Å². The summed E-state index contributed by atoms with van der Waals surface area (Å²) in [6.07, 6.45) is 13.4. The number of hydrogen-bond acceptors (Lipinski definition) is 1. The zero-order valence-electron chi connectivity index (χ0n) is 9.09. The molecule has 1 aliphatic rings. The van der Waals surface area contributed by atoms with Crippen molar-refractivity contribution in [1.29, 1.82) is 0 Å². The molecule has 0 spiro atoms. The van der Waals surface area contributed by atoms with Gasteiger partial charge in [-0.05, 0) is 12.8 Å². The van der Waals surface area contributed by atoms with Gasteiger partial charge in [-0.15, -0.1) is 0 Å².